The minimum atomic E-state index is -0.353. The topological polar surface area (TPSA) is 63.6 Å². The van der Waals surface area contributed by atoms with Crippen molar-refractivity contribution < 1.29 is 13.9 Å². The molecule has 1 aliphatic rings. The Morgan fingerprint density at radius 3 is 2.80 bits per heavy atom. The third kappa shape index (κ3) is 5.72. The summed E-state index contributed by atoms with van der Waals surface area (Å²) in [6.07, 6.45) is 1.72. The van der Waals surface area contributed by atoms with Crippen LogP contribution in [0.2, 0.25) is 0 Å². The van der Waals surface area contributed by atoms with Gasteiger partial charge in [-0.05, 0) is 18.2 Å². The van der Waals surface area contributed by atoms with Crippen molar-refractivity contribution in [1.82, 2.24) is 10.3 Å². The summed E-state index contributed by atoms with van der Waals surface area (Å²) in [5.41, 5.74) is 1.32. The fraction of sp³-hybridized carbons (Fsp3) is 0.188. The van der Waals surface area contributed by atoms with Gasteiger partial charge >= 0.3 is 5.97 Å². The first-order valence-electron chi connectivity index (χ1n) is 7.03. The number of halogens is 3. The molecule has 0 aliphatic carbocycles. The fourth-order valence-electron chi connectivity index (χ4n) is 1.86. The Morgan fingerprint density at radius 2 is 2.28 bits per heavy atom. The van der Waals surface area contributed by atoms with Crippen molar-refractivity contribution >= 4 is 55.0 Å². The van der Waals surface area contributed by atoms with Crippen molar-refractivity contribution in [3.63, 3.8) is 0 Å². The summed E-state index contributed by atoms with van der Waals surface area (Å²) in [6, 6.07) is 6.26. The number of ether oxygens (including phenoxy) is 1. The third-order valence-corrected chi connectivity index (χ3v) is 4.85. The van der Waals surface area contributed by atoms with Gasteiger partial charge in [0.15, 0.2) is 10.8 Å². The Bertz CT molecular complexity index is 777. The predicted octanol–water partition coefficient (Wildman–Crippen LogP) is 3.90. The minimum absolute atomic E-state index is 0.209. The maximum Gasteiger partial charge on any atom is 0.337 e. The highest BCUT2D eigenvalue weighted by molar-refractivity contribution is 9.10. The molecule has 0 amide bonds. The maximum absolute atomic E-state index is 12.1. The summed E-state index contributed by atoms with van der Waals surface area (Å²) in [5, 5.41) is 6.34. The number of nitrogens with zero attached hydrogens (tertiary/aromatic N) is 2. The number of aliphatic imine (C=N–C) groups is 1. The van der Waals surface area contributed by atoms with Gasteiger partial charge < -0.3 is 10.1 Å². The Kier molecular flexibility index (Phi) is 7.73. The Hall–Kier alpha value is -1.58. The molecule has 0 atom stereocenters. The van der Waals surface area contributed by atoms with E-state index >= 15 is 0 Å². The van der Waals surface area contributed by atoms with Crippen LogP contribution in [0, 0.1) is 5.82 Å². The van der Waals surface area contributed by atoms with Gasteiger partial charge in [-0.3, -0.25) is 4.99 Å². The van der Waals surface area contributed by atoms with Gasteiger partial charge in [-0.2, -0.15) is 0 Å². The molecule has 25 heavy (non-hydrogen) atoms. The summed E-state index contributed by atoms with van der Waals surface area (Å²) in [5.74, 6) is 0.135. The molecule has 1 aliphatic heterocycles. The zero-order chi connectivity index (χ0) is 18.2. The van der Waals surface area contributed by atoms with Crippen molar-refractivity contribution in [2.75, 3.05) is 19.0 Å². The summed E-state index contributed by atoms with van der Waals surface area (Å²) in [6.45, 7) is 0.315. The van der Waals surface area contributed by atoms with Crippen LogP contribution in [0.15, 0.2) is 56.6 Å². The van der Waals surface area contributed by atoms with Crippen molar-refractivity contribution in [3.8, 4) is 0 Å². The van der Waals surface area contributed by atoms with E-state index in [0.29, 0.717) is 23.3 Å². The van der Waals surface area contributed by atoms with Crippen molar-refractivity contribution in [2.45, 2.75) is 0 Å². The van der Waals surface area contributed by atoms with Crippen LogP contribution in [0.25, 0.3) is 0 Å². The number of esters is 1. The number of carbonyl (C=O) groups excluding carboxylic acids is 1. The van der Waals surface area contributed by atoms with Gasteiger partial charge in [-0.25, -0.2) is 14.2 Å². The van der Waals surface area contributed by atoms with Crippen LogP contribution in [0.5, 0.6) is 0 Å². The SMILES string of the molecule is COC(=O)C1=C(CBr)NC(c2nccs2)=NC1.Fc1cccc(Br)c1. The number of thiazole rings is 1. The lowest BCUT2D eigenvalue weighted by molar-refractivity contribution is -0.136. The van der Waals surface area contributed by atoms with E-state index in [0.717, 1.165) is 15.2 Å². The molecule has 0 unspecified atom stereocenters. The van der Waals surface area contributed by atoms with E-state index in [1.54, 1.807) is 18.3 Å². The molecule has 5 nitrogen and oxygen atoms in total. The van der Waals surface area contributed by atoms with Gasteiger partial charge in [0.25, 0.3) is 0 Å². The number of carbonyl (C=O) groups is 1. The Morgan fingerprint density at radius 1 is 1.48 bits per heavy atom. The second kappa shape index (κ2) is 9.79. The molecule has 0 saturated heterocycles. The number of aromatic nitrogens is 1. The summed E-state index contributed by atoms with van der Waals surface area (Å²) >= 11 is 7.96. The first-order chi connectivity index (χ1) is 12.0. The molecule has 9 heteroatoms. The van der Waals surface area contributed by atoms with Crippen LogP contribution in [0.1, 0.15) is 5.01 Å². The quantitative estimate of drug-likeness (QED) is 0.523. The molecule has 0 spiro atoms. The van der Waals surface area contributed by atoms with Crippen LogP contribution in [-0.2, 0) is 9.53 Å². The number of amidine groups is 1. The number of methoxy groups -OCH3 is 1. The smallest absolute Gasteiger partial charge is 0.337 e. The predicted molar refractivity (Wildman–Crippen MR) is 104 cm³/mol. The van der Waals surface area contributed by atoms with Crippen molar-refractivity contribution in [1.29, 1.82) is 0 Å². The lowest BCUT2D eigenvalue weighted by atomic mass is 10.2. The molecule has 0 bridgehead atoms. The van der Waals surface area contributed by atoms with E-state index in [9.17, 15) is 9.18 Å². The maximum atomic E-state index is 12.1. The monoisotopic (exact) mass is 489 g/mol. The van der Waals surface area contributed by atoms with E-state index in [2.05, 4.69) is 47.2 Å². The van der Waals surface area contributed by atoms with E-state index in [4.69, 9.17) is 4.74 Å². The Labute approximate surface area is 165 Å². The molecule has 0 saturated carbocycles. The summed E-state index contributed by atoms with van der Waals surface area (Å²) < 4.78 is 17.6. The van der Waals surface area contributed by atoms with Gasteiger partial charge in [0.05, 0.1) is 19.2 Å². The molecule has 0 radical (unpaired) electrons. The molecule has 0 fully saturated rings. The molecule has 3 rings (SSSR count). The molecule has 2 aromatic rings. The van der Waals surface area contributed by atoms with Crippen LogP contribution < -0.4 is 5.32 Å². The van der Waals surface area contributed by atoms with Gasteiger partial charge in [0.2, 0.25) is 0 Å². The molecule has 2 heterocycles. The van der Waals surface area contributed by atoms with Gasteiger partial charge in [-0.1, -0.05) is 37.9 Å². The summed E-state index contributed by atoms with van der Waals surface area (Å²) in [4.78, 5) is 20.0. The second-order valence-electron chi connectivity index (χ2n) is 4.65. The number of benzene rings is 1. The number of allylic oxidation sites excluding steroid dienone is 1. The van der Waals surface area contributed by atoms with E-state index in [1.165, 1.54) is 30.6 Å². The number of alkyl halides is 1. The van der Waals surface area contributed by atoms with E-state index in [1.807, 2.05) is 5.38 Å². The zero-order valence-corrected chi connectivity index (χ0v) is 17.1. The average Bonchev–Trinajstić information content (AvgIpc) is 3.15. The van der Waals surface area contributed by atoms with Gasteiger partial charge in [-0.15, -0.1) is 11.3 Å². The minimum Gasteiger partial charge on any atom is -0.466 e. The van der Waals surface area contributed by atoms with Crippen LogP contribution >= 0.6 is 43.2 Å². The first-order valence-corrected chi connectivity index (χ1v) is 9.83. The number of rotatable bonds is 3. The largest absolute Gasteiger partial charge is 0.466 e. The van der Waals surface area contributed by atoms with E-state index in [-0.39, 0.29) is 11.8 Å². The molecule has 132 valence electrons. The molecule has 1 aromatic carbocycles. The molecule has 1 aromatic heterocycles. The highest BCUT2D eigenvalue weighted by atomic mass is 79.9. The third-order valence-electron chi connectivity index (χ3n) is 3.02. The second-order valence-corrected chi connectivity index (χ2v) is 7.02. The Balaban J connectivity index is 0.000000236. The number of nitrogens with one attached hydrogen (secondary N) is 1. The van der Waals surface area contributed by atoms with Crippen LogP contribution in [-0.4, -0.2) is 35.8 Å². The fourth-order valence-corrected chi connectivity index (χ4v) is 3.31. The summed E-state index contributed by atoms with van der Waals surface area (Å²) in [7, 11) is 1.36. The van der Waals surface area contributed by atoms with Crippen LogP contribution in [0.4, 0.5) is 4.39 Å². The highest BCUT2D eigenvalue weighted by Gasteiger charge is 2.22. The van der Waals surface area contributed by atoms with Crippen molar-refractivity contribution in [3.05, 3.63) is 62.4 Å². The van der Waals surface area contributed by atoms with Crippen LogP contribution in [0.3, 0.4) is 0 Å². The van der Waals surface area contributed by atoms with Gasteiger partial charge in [0, 0.05) is 27.1 Å². The lowest BCUT2D eigenvalue weighted by Crippen LogP contribution is -2.32. The lowest BCUT2D eigenvalue weighted by Gasteiger charge is -2.18. The number of hydrogen-bond donors (Lipinski definition) is 1. The molecule has 1 N–H and O–H groups in total. The van der Waals surface area contributed by atoms with Crippen molar-refractivity contribution in [2.24, 2.45) is 4.99 Å². The molecular weight excluding hydrogens is 477 g/mol. The standard InChI is InChI=1S/C10H10BrN3O2S.C6H4BrF/c1-16-10(15)6-5-13-8(14-7(6)4-11)9-12-2-3-17-9;7-5-2-1-3-6(8)4-5/h2-3H,4-5H2,1H3,(H,13,14);1-4H. The number of hydrogen-bond acceptors (Lipinski definition) is 6. The average molecular weight is 491 g/mol. The molecular formula is C16H14Br2FN3O2S. The van der Waals surface area contributed by atoms with E-state index < -0.39 is 0 Å². The highest BCUT2D eigenvalue weighted by Crippen LogP contribution is 2.15. The zero-order valence-electron chi connectivity index (χ0n) is 13.1. The first kappa shape index (κ1) is 19.7. The normalized spacial score (nSPS) is 13.4. The van der Waals surface area contributed by atoms with Gasteiger partial charge in [0.1, 0.15) is 5.82 Å².